The molecule has 1 aliphatic rings. The number of carbonyl (C=O) groups is 1. The minimum atomic E-state index is 0.0383. The summed E-state index contributed by atoms with van der Waals surface area (Å²) in [6.45, 7) is 10.2. The molecular weight excluding hydrogens is 602 g/mol. The number of esters is 1. The molecule has 0 amide bonds. The summed E-state index contributed by atoms with van der Waals surface area (Å²) in [7, 11) is 0. The largest absolute Gasteiger partial charge is 0.462 e. The van der Waals surface area contributed by atoms with E-state index in [1.807, 2.05) is 0 Å². The predicted octanol–water partition coefficient (Wildman–Crippen LogP) is 13.8. The molecule has 0 aromatic heterocycles. The lowest BCUT2D eigenvalue weighted by molar-refractivity contribution is -0.150. The monoisotopic (exact) mass is 692 g/mol. The molecule has 0 unspecified atom stereocenters. The highest BCUT2D eigenvalue weighted by molar-refractivity contribution is 5.69. The first-order chi connectivity index (χ1) is 24.1. The Morgan fingerprint density at radius 1 is 0.531 bits per heavy atom. The summed E-state index contributed by atoms with van der Waals surface area (Å²) in [5.74, 6) is 2.09. The van der Waals surface area contributed by atoms with Gasteiger partial charge in [0.25, 0.3) is 0 Å². The van der Waals surface area contributed by atoms with Crippen molar-refractivity contribution >= 4 is 5.97 Å². The molecule has 0 saturated heterocycles. The maximum Gasteiger partial charge on any atom is 0.306 e. The number of unbranched alkanes of at least 4 members (excludes halogenated alkanes) is 20. The van der Waals surface area contributed by atoms with Crippen molar-refractivity contribution in [1.29, 1.82) is 0 Å². The van der Waals surface area contributed by atoms with Gasteiger partial charge in [0, 0.05) is 13.0 Å². The summed E-state index contributed by atoms with van der Waals surface area (Å²) in [5, 5.41) is 9.59. The highest BCUT2D eigenvalue weighted by Crippen LogP contribution is 2.34. The molecule has 1 rings (SSSR count). The molecule has 0 aromatic rings. The number of hydrogen-bond donors (Lipinski definition) is 1. The highest BCUT2D eigenvalue weighted by Gasteiger charge is 2.20. The summed E-state index contributed by atoms with van der Waals surface area (Å²) in [5.41, 5.74) is 0. The van der Waals surface area contributed by atoms with Gasteiger partial charge in [-0.25, -0.2) is 0 Å². The lowest BCUT2D eigenvalue weighted by atomic mass is 9.78. The third-order valence-corrected chi connectivity index (χ3v) is 11.6. The molecule has 0 aliphatic heterocycles. The van der Waals surface area contributed by atoms with Crippen molar-refractivity contribution in [2.24, 2.45) is 11.8 Å². The van der Waals surface area contributed by atoms with Gasteiger partial charge in [0.05, 0.1) is 6.61 Å². The molecule has 1 aliphatic carbocycles. The van der Waals surface area contributed by atoms with Gasteiger partial charge in [-0.15, -0.1) is 0 Å². The topological polar surface area (TPSA) is 49.8 Å². The van der Waals surface area contributed by atoms with Crippen LogP contribution in [0.25, 0.3) is 0 Å². The Labute approximate surface area is 308 Å². The van der Waals surface area contributed by atoms with Crippen molar-refractivity contribution in [1.82, 2.24) is 4.90 Å². The summed E-state index contributed by atoms with van der Waals surface area (Å²) < 4.78 is 6.04. The van der Waals surface area contributed by atoms with Gasteiger partial charge in [-0.05, 0) is 69.9 Å². The van der Waals surface area contributed by atoms with E-state index in [1.54, 1.807) is 0 Å². The molecule has 49 heavy (non-hydrogen) atoms. The summed E-state index contributed by atoms with van der Waals surface area (Å²) in [6.07, 6.45) is 44.1. The molecule has 0 aromatic carbocycles. The molecule has 0 bridgehead atoms. The molecule has 1 saturated carbocycles. The van der Waals surface area contributed by atoms with Crippen molar-refractivity contribution in [3.05, 3.63) is 0 Å². The average Bonchev–Trinajstić information content (AvgIpc) is 3.10. The fourth-order valence-electron chi connectivity index (χ4n) is 8.21. The lowest BCUT2D eigenvalue weighted by Crippen LogP contribution is -2.29. The van der Waals surface area contributed by atoms with Gasteiger partial charge in [0.1, 0.15) is 6.10 Å². The Hall–Kier alpha value is -0.610. The fraction of sp³-hybridized carbons (Fsp3) is 0.978. The first-order valence-electron chi connectivity index (χ1n) is 22.6. The van der Waals surface area contributed by atoms with Gasteiger partial charge in [-0.2, -0.15) is 0 Å². The van der Waals surface area contributed by atoms with Crippen LogP contribution in [0.1, 0.15) is 239 Å². The van der Waals surface area contributed by atoms with Crippen molar-refractivity contribution in [3.8, 4) is 0 Å². The van der Waals surface area contributed by atoms with Gasteiger partial charge in [-0.3, -0.25) is 4.79 Å². The van der Waals surface area contributed by atoms with Crippen LogP contribution >= 0.6 is 0 Å². The van der Waals surface area contributed by atoms with E-state index in [1.165, 1.54) is 186 Å². The number of aliphatic hydroxyl groups excluding tert-OH is 1. The van der Waals surface area contributed by atoms with E-state index >= 15 is 0 Å². The second-order valence-electron chi connectivity index (χ2n) is 16.2. The first kappa shape index (κ1) is 46.4. The zero-order chi connectivity index (χ0) is 35.5. The molecule has 1 fully saturated rings. The molecule has 0 radical (unpaired) electrons. The Balaban J connectivity index is 2.09. The van der Waals surface area contributed by atoms with E-state index in [0.29, 0.717) is 6.42 Å². The van der Waals surface area contributed by atoms with Crippen LogP contribution in [0.15, 0.2) is 0 Å². The minimum absolute atomic E-state index is 0.0383. The number of rotatable bonds is 37. The maximum atomic E-state index is 12.7. The quantitative estimate of drug-likeness (QED) is 0.0520. The number of aliphatic hydroxyl groups is 1. The van der Waals surface area contributed by atoms with E-state index in [9.17, 15) is 9.90 Å². The summed E-state index contributed by atoms with van der Waals surface area (Å²) in [4.78, 5) is 15.2. The van der Waals surface area contributed by atoms with Gasteiger partial charge in [0.15, 0.2) is 0 Å². The van der Waals surface area contributed by atoms with Crippen molar-refractivity contribution in [3.63, 3.8) is 0 Å². The lowest BCUT2D eigenvalue weighted by Gasteiger charge is -2.28. The Kier molecular flexibility index (Phi) is 33.9. The molecule has 0 heterocycles. The second-order valence-corrected chi connectivity index (χ2v) is 16.2. The summed E-state index contributed by atoms with van der Waals surface area (Å²) in [6, 6.07) is 0. The maximum absolute atomic E-state index is 12.7. The van der Waals surface area contributed by atoms with Gasteiger partial charge < -0.3 is 14.7 Å². The zero-order valence-electron chi connectivity index (χ0n) is 33.8. The Bertz CT molecular complexity index is 660. The fourth-order valence-corrected chi connectivity index (χ4v) is 8.21. The van der Waals surface area contributed by atoms with E-state index in [-0.39, 0.29) is 18.7 Å². The number of ether oxygens (including phenoxy) is 1. The van der Waals surface area contributed by atoms with E-state index in [0.717, 1.165) is 57.2 Å². The van der Waals surface area contributed by atoms with E-state index in [2.05, 4.69) is 25.7 Å². The molecule has 4 nitrogen and oxygen atoms in total. The molecule has 0 atom stereocenters. The highest BCUT2D eigenvalue weighted by atomic mass is 16.5. The normalized spacial score (nSPS) is 16.6. The summed E-state index contributed by atoms with van der Waals surface area (Å²) >= 11 is 0. The minimum Gasteiger partial charge on any atom is -0.462 e. The third kappa shape index (κ3) is 29.6. The second kappa shape index (κ2) is 35.8. The van der Waals surface area contributed by atoms with Crippen LogP contribution in [0.2, 0.25) is 0 Å². The Morgan fingerprint density at radius 3 is 1.41 bits per heavy atom. The Morgan fingerprint density at radius 2 is 0.918 bits per heavy atom. The molecule has 0 spiro atoms. The van der Waals surface area contributed by atoms with Crippen LogP contribution in [0.4, 0.5) is 0 Å². The van der Waals surface area contributed by atoms with Crippen LogP contribution < -0.4 is 0 Å². The van der Waals surface area contributed by atoms with Crippen LogP contribution in [0.5, 0.6) is 0 Å². The number of carbonyl (C=O) groups excluding carboxylic acids is 1. The first-order valence-corrected chi connectivity index (χ1v) is 22.6. The van der Waals surface area contributed by atoms with Crippen LogP contribution in [0, 0.1) is 11.8 Å². The van der Waals surface area contributed by atoms with Crippen LogP contribution in [0.3, 0.4) is 0 Å². The predicted molar refractivity (Wildman–Crippen MR) is 214 cm³/mol. The van der Waals surface area contributed by atoms with E-state index < -0.39 is 0 Å². The SMILES string of the molecule is CCCCCCCCC(CCCCCCCC)OC(=O)CCCCCCCN(CCO)CCCCCCCC1CCC(CCCCC)CC1. The van der Waals surface area contributed by atoms with Crippen molar-refractivity contribution in [2.75, 3.05) is 26.2 Å². The number of nitrogens with zero attached hydrogens (tertiary/aromatic N) is 1. The molecule has 4 heteroatoms. The van der Waals surface area contributed by atoms with Crippen LogP contribution in [-0.2, 0) is 9.53 Å². The molecular formula is C45H89NO3. The standard InChI is InChI=1S/C45H89NO3/c1-4-7-10-12-17-24-31-44(32-25-18-13-11-8-5-2)49-45(48)33-26-19-15-21-28-39-46(40-41-47)38-27-20-14-16-23-30-43-36-34-42(35-37-43)29-22-9-6-3/h42-44,47H,4-41H2,1-3H3. The number of hydrogen-bond acceptors (Lipinski definition) is 4. The molecule has 292 valence electrons. The van der Waals surface area contributed by atoms with Gasteiger partial charge in [-0.1, -0.05) is 188 Å². The smallest absolute Gasteiger partial charge is 0.306 e. The van der Waals surface area contributed by atoms with Crippen LogP contribution in [-0.4, -0.2) is 48.3 Å². The molecule has 1 N–H and O–H groups in total. The van der Waals surface area contributed by atoms with Crippen molar-refractivity contribution in [2.45, 2.75) is 245 Å². The van der Waals surface area contributed by atoms with Gasteiger partial charge in [0.2, 0.25) is 0 Å². The average molecular weight is 692 g/mol. The van der Waals surface area contributed by atoms with E-state index in [4.69, 9.17) is 4.74 Å². The zero-order valence-corrected chi connectivity index (χ0v) is 33.8. The van der Waals surface area contributed by atoms with Gasteiger partial charge >= 0.3 is 5.97 Å². The van der Waals surface area contributed by atoms with Crippen molar-refractivity contribution < 1.29 is 14.6 Å². The third-order valence-electron chi connectivity index (χ3n) is 11.6.